The van der Waals surface area contributed by atoms with E-state index >= 15 is 0 Å². The quantitative estimate of drug-likeness (QED) is 0.718. The second-order valence-corrected chi connectivity index (χ2v) is 5.44. The largest absolute Gasteiger partial charge is 0.497 e. The normalized spacial score (nSPS) is 10.9. The van der Waals surface area contributed by atoms with E-state index in [9.17, 15) is 9.59 Å². The number of rotatable bonds is 2. The number of aryl methyl sites for hydroxylation is 1. The van der Waals surface area contributed by atoms with E-state index in [-0.39, 0.29) is 10.0 Å². The topological polar surface area (TPSA) is 81.9 Å². The van der Waals surface area contributed by atoms with Gasteiger partial charge in [-0.05, 0) is 24.3 Å². The zero-order chi connectivity index (χ0) is 16.7. The molecule has 3 rings (SSSR count). The first-order valence-corrected chi connectivity index (χ1v) is 7.19. The third kappa shape index (κ3) is 2.36. The first kappa shape index (κ1) is 15.2. The van der Waals surface area contributed by atoms with E-state index in [2.05, 4.69) is 9.97 Å². The third-order valence-electron chi connectivity index (χ3n) is 3.69. The van der Waals surface area contributed by atoms with Crippen LogP contribution in [0.4, 0.5) is 0 Å². The van der Waals surface area contributed by atoms with Gasteiger partial charge in [0.25, 0.3) is 5.56 Å². The lowest BCUT2D eigenvalue weighted by molar-refractivity contribution is 0.415. The lowest BCUT2D eigenvalue weighted by Crippen LogP contribution is -2.37. The monoisotopic (exact) mass is 330 g/mol. The molecule has 0 aliphatic heterocycles. The smallest absolute Gasteiger partial charge is 0.332 e. The summed E-state index contributed by atoms with van der Waals surface area (Å²) in [6, 6.07) is 7.22. The second-order valence-electron chi connectivity index (χ2n) is 5.05. The number of aromatic amines is 1. The number of aromatic nitrogens is 4. The van der Waals surface area contributed by atoms with Gasteiger partial charge in [-0.15, -0.1) is 0 Å². The molecule has 2 aromatic heterocycles. The highest BCUT2D eigenvalue weighted by molar-refractivity contribution is 7.71. The molecule has 0 unspecified atom stereocenters. The van der Waals surface area contributed by atoms with Crippen molar-refractivity contribution in [2.24, 2.45) is 14.1 Å². The van der Waals surface area contributed by atoms with Crippen molar-refractivity contribution in [1.82, 2.24) is 19.1 Å². The van der Waals surface area contributed by atoms with Crippen molar-refractivity contribution in [2.45, 2.75) is 0 Å². The maximum absolute atomic E-state index is 12.3. The molecule has 0 saturated carbocycles. The SMILES string of the molecule is COc1ccc(-c2nc(=S)c3c(=O)n(C)c(=O)n(C)c3[nH]2)cc1. The van der Waals surface area contributed by atoms with Crippen molar-refractivity contribution in [3.63, 3.8) is 0 Å². The molecule has 1 N–H and O–H groups in total. The van der Waals surface area contributed by atoms with Gasteiger partial charge < -0.3 is 9.72 Å². The zero-order valence-corrected chi connectivity index (χ0v) is 13.6. The molecule has 0 radical (unpaired) electrons. The average molecular weight is 330 g/mol. The van der Waals surface area contributed by atoms with Gasteiger partial charge in [-0.1, -0.05) is 12.2 Å². The van der Waals surface area contributed by atoms with E-state index in [1.807, 2.05) is 12.1 Å². The molecule has 0 amide bonds. The summed E-state index contributed by atoms with van der Waals surface area (Å²) in [5, 5.41) is 0.224. The van der Waals surface area contributed by atoms with Crippen LogP contribution in [0.3, 0.4) is 0 Å². The minimum Gasteiger partial charge on any atom is -0.497 e. The van der Waals surface area contributed by atoms with Gasteiger partial charge in [-0.25, -0.2) is 9.78 Å². The maximum Gasteiger partial charge on any atom is 0.332 e. The lowest BCUT2D eigenvalue weighted by atomic mass is 10.2. The molecule has 0 saturated heterocycles. The molecule has 7 nitrogen and oxygen atoms in total. The fourth-order valence-electron chi connectivity index (χ4n) is 2.37. The van der Waals surface area contributed by atoms with E-state index in [1.54, 1.807) is 26.3 Å². The van der Waals surface area contributed by atoms with Crippen LogP contribution in [0, 0.1) is 4.64 Å². The number of methoxy groups -OCH3 is 1. The Hall–Kier alpha value is -2.74. The standard InChI is InChI=1S/C15H14N4O3S/c1-18-12-10(14(20)19(2)15(18)21)13(23)17-11(16-12)8-4-6-9(22-3)7-5-8/h4-7H,1-3H3,(H,16,17,23). The molecule has 0 bridgehead atoms. The minimum absolute atomic E-state index is 0.153. The molecule has 0 aliphatic carbocycles. The van der Waals surface area contributed by atoms with Crippen molar-refractivity contribution in [3.8, 4) is 17.1 Å². The zero-order valence-electron chi connectivity index (χ0n) is 12.8. The predicted molar refractivity (Wildman–Crippen MR) is 89.4 cm³/mol. The number of hydrogen-bond acceptors (Lipinski definition) is 5. The van der Waals surface area contributed by atoms with Gasteiger partial charge in [-0.2, -0.15) is 0 Å². The van der Waals surface area contributed by atoms with E-state index in [1.165, 1.54) is 11.6 Å². The molecule has 23 heavy (non-hydrogen) atoms. The van der Waals surface area contributed by atoms with Crippen molar-refractivity contribution in [1.29, 1.82) is 0 Å². The number of nitrogens with zero attached hydrogens (tertiary/aromatic N) is 3. The Morgan fingerprint density at radius 2 is 1.78 bits per heavy atom. The van der Waals surface area contributed by atoms with E-state index in [0.717, 1.165) is 15.9 Å². The van der Waals surface area contributed by atoms with Gasteiger partial charge in [0.05, 0.1) is 7.11 Å². The highest BCUT2D eigenvalue weighted by Gasteiger charge is 2.13. The van der Waals surface area contributed by atoms with Crippen LogP contribution in [0.2, 0.25) is 0 Å². The van der Waals surface area contributed by atoms with Crippen molar-refractivity contribution in [3.05, 3.63) is 49.7 Å². The molecule has 118 valence electrons. The van der Waals surface area contributed by atoms with Gasteiger partial charge in [0, 0.05) is 19.7 Å². The summed E-state index contributed by atoms with van der Waals surface area (Å²) < 4.78 is 7.64. The number of nitrogens with one attached hydrogen (secondary N) is 1. The molecular formula is C15H14N4O3S. The minimum atomic E-state index is -0.460. The van der Waals surface area contributed by atoms with Crippen LogP contribution < -0.4 is 16.0 Å². The van der Waals surface area contributed by atoms with Crippen molar-refractivity contribution >= 4 is 23.3 Å². The fraction of sp³-hybridized carbons (Fsp3) is 0.200. The first-order chi connectivity index (χ1) is 10.9. The Bertz CT molecular complexity index is 1080. The van der Waals surface area contributed by atoms with Crippen LogP contribution >= 0.6 is 12.2 Å². The Labute approximate surface area is 135 Å². The van der Waals surface area contributed by atoms with Crippen molar-refractivity contribution in [2.75, 3.05) is 7.11 Å². The molecule has 3 aromatic rings. The van der Waals surface area contributed by atoms with Crippen LogP contribution in [0.15, 0.2) is 33.9 Å². The first-order valence-electron chi connectivity index (χ1n) is 6.78. The lowest BCUT2D eigenvalue weighted by Gasteiger charge is -2.09. The summed E-state index contributed by atoms with van der Waals surface area (Å²) in [6.07, 6.45) is 0. The number of H-pyrrole nitrogens is 1. The molecular weight excluding hydrogens is 316 g/mol. The van der Waals surface area contributed by atoms with E-state index in [0.29, 0.717) is 11.5 Å². The van der Waals surface area contributed by atoms with Gasteiger partial charge >= 0.3 is 5.69 Å². The van der Waals surface area contributed by atoms with Gasteiger partial charge in [-0.3, -0.25) is 13.9 Å². The second kappa shape index (κ2) is 5.47. The average Bonchev–Trinajstić information content (AvgIpc) is 2.57. The van der Waals surface area contributed by atoms with Crippen LogP contribution in [0.1, 0.15) is 0 Å². The summed E-state index contributed by atoms with van der Waals surface area (Å²) >= 11 is 5.26. The van der Waals surface area contributed by atoms with Crippen molar-refractivity contribution < 1.29 is 4.74 Å². The molecule has 0 fully saturated rings. The maximum atomic E-state index is 12.3. The molecule has 8 heteroatoms. The third-order valence-corrected chi connectivity index (χ3v) is 3.99. The summed E-state index contributed by atoms with van der Waals surface area (Å²) in [5.41, 5.74) is 0.231. The van der Waals surface area contributed by atoms with E-state index < -0.39 is 11.2 Å². The highest BCUT2D eigenvalue weighted by Crippen LogP contribution is 2.20. The molecule has 2 heterocycles. The Morgan fingerprint density at radius 3 is 2.39 bits per heavy atom. The number of ether oxygens (including phenoxy) is 1. The fourth-order valence-corrected chi connectivity index (χ4v) is 2.64. The Morgan fingerprint density at radius 1 is 1.13 bits per heavy atom. The highest BCUT2D eigenvalue weighted by atomic mass is 32.1. The van der Waals surface area contributed by atoms with E-state index in [4.69, 9.17) is 17.0 Å². The van der Waals surface area contributed by atoms with Crippen LogP contribution in [-0.4, -0.2) is 26.2 Å². The van der Waals surface area contributed by atoms with Gasteiger partial charge in [0.2, 0.25) is 0 Å². The Balaban J connectivity index is 2.36. The van der Waals surface area contributed by atoms with Crippen LogP contribution in [-0.2, 0) is 14.1 Å². The summed E-state index contributed by atoms with van der Waals surface area (Å²) in [5.74, 6) is 1.20. The number of benzene rings is 1. The summed E-state index contributed by atoms with van der Waals surface area (Å²) in [7, 11) is 4.58. The van der Waals surface area contributed by atoms with Crippen LogP contribution in [0.25, 0.3) is 22.4 Å². The Kier molecular flexibility index (Phi) is 3.61. The van der Waals surface area contributed by atoms with Gasteiger partial charge in [0.1, 0.15) is 27.2 Å². The predicted octanol–water partition coefficient (Wildman–Crippen LogP) is 1.37. The van der Waals surface area contributed by atoms with Crippen LogP contribution in [0.5, 0.6) is 5.75 Å². The van der Waals surface area contributed by atoms with Gasteiger partial charge in [0.15, 0.2) is 0 Å². The molecule has 0 aliphatic rings. The molecule has 1 aromatic carbocycles. The molecule has 0 atom stereocenters. The number of hydrogen-bond donors (Lipinski definition) is 1. The number of fused-ring (bicyclic) bond motifs is 1. The molecule has 0 spiro atoms. The summed E-state index contributed by atoms with van der Waals surface area (Å²) in [6.45, 7) is 0. The summed E-state index contributed by atoms with van der Waals surface area (Å²) in [4.78, 5) is 31.7.